The quantitative estimate of drug-likeness (QED) is 0.652. The molecule has 3 aromatic rings. The second-order valence-corrected chi connectivity index (χ2v) is 5.42. The van der Waals surface area contributed by atoms with Crippen LogP contribution in [0.25, 0.3) is 22.1 Å². The average molecular weight is 314 g/mol. The van der Waals surface area contributed by atoms with Gasteiger partial charge in [-0.2, -0.15) is 0 Å². The highest BCUT2D eigenvalue weighted by atomic mass is 79.9. The highest BCUT2D eigenvalue weighted by Crippen LogP contribution is 2.37. The van der Waals surface area contributed by atoms with Gasteiger partial charge in [-0.1, -0.05) is 46.3 Å². The molecule has 3 heteroatoms. The Morgan fingerprint density at radius 2 is 1.95 bits per heavy atom. The molecule has 0 amide bonds. The number of aryl methyl sites for hydroxylation is 2. The van der Waals surface area contributed by atoms with Crippen LogP contribution in [0.4, 0.5) is 0 Å². The lowest BCUT2D eigenvalue weighted by Crippen LogP contribution is -1.83. The SMILES string of the molecule is BrCc1ncc(-c2ccc3c4c(cccc24)CC3)o1. The molecule has 94 valence electrons. The zero-order valence-electron chi connectivity index (χ0n) is 10.3. The minimum Gasteiger partial charge on any atom is -0.440 e. The number of halogens is 1. The first-order valence-electron chi connectivity index (χ1n) is 6.41. The van der Waals surface area contributed by atoms with E-state index < -0.39 is 0 Å². The predicted octanol–water partition coefficient (Wildman–Crippen LogP) is 4.49. The van der Waals surface area contributed by atoms with Gasteiger partial charge >= 0.3 is 0 Å². The van der Waals surface area contributed by atoms with Gasteiger partial charge in [-0.15, -0.1) is 0 Å². The van der Waals surface area contributed by atoms with Gasteiger partial charge in [-0.3, -0.25) is 0 Å². The van der Waals surface area contributed by atoms with Crippen molar-refractivity contribution in [3.63, 3.8) is 0 Å². The Kier molecular flexibility index (Phi) is 2.49. The molecule has 0 unspecified atom stereocenters. The molecule has 1 aromatic heterocycles. The molecule has 1 aliphatic rings. The van der Waals surface area contributed by atoms with Gasteiger partial charge in [-0.05, 0) is 34.7 Å². The Labute approximate surface area is 119 Å². The van der Waals surface area contributed by atoms with Crippen molar-refractivity contribution in [1.29, 1.82) is 0 Å². The largest absolute Gasteiger partial charge is 0.440 e. The van der Waals surface area contributed by atoms with Crippen LogP contribution in [-0.2, 0) is 18.2 Å². The number of hydrogen-bond acceptors (Lipinski definition) is 2. The molecular formula is C16H12BrNO. The van der Waals surface area contributed by atoms with Crippen LogP contribution < -0.4 is 0 Å². The van der Waals surface area contributed by atoms with Crippen LogP contribution in [0.1, 0.15) is 17.0 Å². The van der Waals surface area contributed by atoms with E-state index in [1.54, 1.807) is 0 Å². The first-order valence-corrected chi connectivity index (χ1v) is 7.53. The van der Waals surface area contributed by atoms with Crippen LogP contribution in [0.5, 0.6) is 0 Å². The molecule has 19 heavy (non-hydrogen) atoms. The third kappa shape index (κ3) is 1.65. The van der Waals surface area contributed by atoms with E-state index in [0.717, 1.165) is 30.1 Å². The topological polar surface area (TPSA) is 26.0 Å². The smallest absolute Gasteiger partial charge is 0.205 e. The maximum absolute atomic E-state index is 5.77. The van der Waals surface area contributed by atoms with Crippen molar-refractivity contribution in [2.45, 2.75) is 18.2 Å². The van der Waals surface area contributed by atoms with Crippen LogP contribution >= 0.6 is 15.9 Å². The molecular weight excluding hydrogens is 302 g/mol. The van der Waals surface area contributed by atoms with Crippen LogP contribution in [0.2, 0.25) is 0 Å². The molecule has 0 fully saturated rings. The van der Waals surface area contributed by atoms with Crippen molar-refractivity contribution in [3.05, 3.63) is 53.5 Å². The molecule has 2 nitrogen and oxygen atoms in total. The molecule has 0 saturated carbocycles. The van der Waals surface area contributed by atoms with Gasteiger partial charge in [0.1, 0.15) is 0 Å². The minimum absolute atomic E-state index is 0.647. The maximum Gasteiger partial charge on any atom is 0.205 e. The van der Waals surface area contributed by atoms with Crippen molar-refractivity contribution in [3.8, 4) is 11.3 Å². The number of alkyl halides is 1. The van der Waals surface area contributed by atoms with Crippen LogP contribution in [0, 0.1) is 0 Å². The van der Waals surface area contributed by atoms with E-state index in [0.29, 0.717) is 5.33 Å². The van der Waals surface area contributed by atoms with Crippen LogP contribution in [0.3, 0.4) is 0 Å². The molecule has 0 aliphatic heterocycles. The summed E-state index contributed by atoms with van der Waals surface area (Å²) < 4.78 is 5.77. The Bertz CT molecular complexity index is 765. The maximum atomic E-state index is 5.77. The Morgan fingerprint density at radius 1 is 1.11 bits per heavy atom. The van der Waals surface area contributed by atoms with Crippen molar-refractivity contribution in [2.75, 3.05) is 0 Å². The molecule has 1 aliphatic carbocycles. The summed E-state index contributed by atoms with van der Waals surface area (Å²) in [6, 6.07) is 10.9. The van der Waals surface area contributed by atoms with Gasteiger partial charge in [0.05, 0.1) is 11.5 Å². The number of benzene rings is 2. The normalized spacial score (nSPS) is 13.3. The molecule has 4 rings (SSSR count). The van der Waals surface area contributed by atoms with Crippen molar-refractivity contribution in [1.82, 2.24) is 4.98 Å². The van der Waals surface area contributed by atoms with E-state index in [-0.39, 0.29) is 0 Å². The molecule has 0 spiro atoms. The molecule has 1 heterocycles. The fraction of sp³-hybridized carbons (Fsp3) is 0.188. The lowest BCUT2D eigenvalue weighted by molar-refractivity contribution is 0.531. The van der Waals surface area contributed by atoms with Crippen molar-refractivity contribution >= 4 is 26.7 Å². The van der Waals surface area contributed by atoms with Crippen LogP contribution in [-0.4, -0.2) is 4.98 Å². The van der Waals surface area contributed by atoms with Crippen molar-refractivity contribution in [2.24, 2.45) is 0 Å². The average Bonchev–Trinajstić information content (AvgIpc) is 3.08. The summed E-state index contributed by atoms with van der Waals surface area (Å²) in [4.78, 5) is 4.26. The third-order valence-electron chi connectivity index (χ3n) is 3.81. The summed E-state index contributed by atoms with van der Waals surface area (Å²) in [5.74, 6) is 1.57. The van der Waals surface area contributed by atoms with Crippen LogP contribution in [0.15, 0.2) is 40.9 Å². The van der Waals surface area contributed by atoms with E-state index >= 15 is 0 Å². The minimum atomic E-state index is 0.647. The van der Waals surface area contributed by atoms with E-state index in [2.05, 4.69) is 51.2 Å². The fourth-order valence-corrected chi connectivity index (χ4v) is 3.22. The van der Waals surface area contributed by atoms with Gasteiger partial charge in [0.2, 0.25) is 5.89 Å². The lowest BCUT2D eigenvalue weighted by Gasteiger charge is -2.06. The highest BCUT2D eigenvalue weighted by Gasteiger charge is 2.17. The highest BCUT2D eigenvalue weighted by molar-refractivity contribution is 9.08. The monoisotopic (exact) mass is 313 g/mol. The number of rotatable bonds is 2. The number of aromatic nitrogens is 1. The van der Waals surface area contributed by atoms with Gasteiger partial charge in [0.25, 0.3) is 0 Å². The summed E-state index contributed by atoms with van der Waals surface area (Å²) in [5.41, 5.74) is 4.05. The van der Waals surface area contributed by atoms with E-state index in [1.165, 1.54) is 21.9 Å². The van der Waals surface area contributed by atoms with Gasteiger partial charge < -0.3 is 4.42 Å². The van der Waals surface area contributed by atoms with Crippen molar-refractivity contribution < 1.29 is 4.42 Å². The zero-order valence-corrected chi connectivity index (χ0v) is 11.9. The molecule has 0 saturated heterocycles. The summed E-state index contributed by atoms with van der Waals surface area (Å²) >= 11 is 3.37. The summed E-state index contributed by atoms with van der Waals surface area (Å²) in [7, 11) is 0. The van der Waals surface area contributed by atoms with E-state index in [1.807, 2.05) is 6.20 Å². The summed E-state index contributed by atoms with van der Waals surface area (Å²) in [6.07, 6.45) is 4.12. The first kappa shape index (κ1) is 11.2. The van der Waals surface area contributed by atoms with Gasteiger partial charge in [0, 0.05) is 5.56 Å². The molecule has 0 bridgehead atoms. The Balaban J connectivity index is 2.01. The molecule has 0 radical (unpaired) electrons. The molecule has 0 N–H and O–H groups in total. The molecule has 0 atom stereocenters. The predicted molar refractivity (Wildman–Crippen MR) is 79.5 cm³/mol. The van der Waals surface area contributed by atoms with E-state index in [9.17, 15) is 0 Å². The summed E-state index contributed by atoms with van der Waals surface area (Å²) in [6.45, 7) is 0. The third-order valence-corrected chi connectivity index (χ3v) is 4.29. The fourth-order valence-electron chi connectivity index (χ4n) is 2.96. The first-order chi connectivity index (χ1) is 9.36. The van der Waals surface area contributed by atoms with E-state index in [4.69, 9.17) is 4.42 Å². The lowest BCUT2D eigenvalue weighted by atomic mass is 9.99. The Morgan fingerprint density at radius 3 is 2.74 bits per heavy atom. The van der Waals surface area contributed by atoms with Gasteiger partial charge in [0.15, 0.2) is 5.76 Å². The Hall–Kier alpha value is -1.61. The number of oxazole rings is 1. The summed E-state index contributed by atoms with van der Waals surface area (Å²) in [5, 5.41) is 3.34. The number of nitrogens with zero attached hydrogens (tertiary/aromatic N) is 1. The second-order valence-electron chi connectivity index (χ2n) is 4.86. The molecule has 2 aromatic carbocycles. The van der Waals surface area contributed by atoms with Gasteiger partial charge in [-0.25, -0.2) is 4.98 Å². The second kappa shape index (κ2) is 4.20. The zero-order chi connectivity index (χ0) is 12.8. The standard InChI is InChI=1S/C16H12BrNO/c17-8-15-18-9-14(19-15)12-7-6-11-5-4-10-2-1-3-13(12)16(10)11/h1-3,6-7,9H,4-5,8H2. The number of hydrogen-bond donors (Lipinski definition) is 0.